The van der Waals surface area contributed by atoms with Gasteiger partial charge in [0.1, 0.15) is 17.7 Å². The lowest BCUT2D eigenvalue weighted by molar-refractivity contribution is -0.152. The second-order valence-electron chi connectivity index (χ2n) is 9.18. The summed E-state index contributed by atoms with van der Waals surface area (Å²) in [6.45, 7) is 15.0. The van der Waals surface area contributed by atoms with Crippen LogP contribution in [0.2, 0.25) is 0 Å². The summed E-state index contributed by atoms with van der Waals surface area (Å²) in [5.74, 6) is -1.44. The van der Waals surface area contributed by atoms with Gasteiger partial charge in [0.05, 0.1) is 12.7 Å². The molecular formula is C20H32N2O6. The number of carboxylic acids is 1. The molecule has 5 atom stereocenters. The van der Waals surface area contributed by atoms with Gasteiger partial charge in [-0.3, -0.25) is 4.79 Å². The van der Waals surface area contributed by atoms with E-state index >= 15 is 0 Å². The van der Waals surface area contributed by atoms with Crippen molar-refractivity contribution in [2.45, 2.75) is 65.3 Å². The number of likely N-dealkylation sites (tertiary alicyclic amines) is 1. The molecule has 0 aromatic rings. The maximum absolute atomic E-state index is 13.2. The first-order valence-corrected chi connectivity index (χ1v) is 9.56. The maximum atomic E-state index is 13.2. The standard InChI is InChI=1S/C20H32N2O6/c1-8-9-27-11(2)14(21-18(26)28-19(3,4)5)16(23)22-10-12-13(20(12,6)7)15(22)17(24)25/h8,11-15H,1,9-10H2,2-7H3,(H,21,26)(H,24,25)/t11-,12-,13-,14-,15-/m0/s1. The monoisotopic (exact) mass is 396 g/mol. The van der Waals surface area contributed by atoms with Crippen LogP contribution in [0, 0.1) is 17.3 Å². The molecular weight excluding hydrogens is 364 g/mol. The summed E-state index contributed by atoms with van der Waals surface area (Å²) in [6.07, 6.45) is 0.105. The highest BCUT2D eigenvalue weighted by Gasteiger charge is 2.70. The molecule has 158 valence electrons. The van der Waals surface area contributed by atoms with Crippen LogP contribution in [0.15, 0.2) is 12.7 Å². The minimum absolute atomic E-state index is 0.0828. The minimum atomic E-state index is -1.06. The molecule has 1 heterocycles. The van der Waals surface area contributed by atoms with Gasteiger partial charge in [0.2, 0.25) is 5.91 Å². The fourth-order valence-electron chi connectivity index (χ4n) is 4.10. The number of nitrogens with zero attached hydrogens (tertiary/aromatic N) is 1. The van der Waals surface area contributed by atoms with Crippen molar-refractivity contribution >= 4 is 18.0 Å². The number of carboxylic acid groups (broad SMARTS) is 1. The van der Waals surface area contributed by atoms with E-state index in [4.69, 9.17) is 9.47 Å². The molecule has 28 heavy (non-hydrogen) atoms. The highest BCUT2D eigenvalue weighted by atomic mass is 16.6. The number of carbonyl (C=O) groups excluding carboxylic acids is 2. The lowest BCUT2D eigenvalue weighted by Crippen LogP contribution is -2.58. The maximum Gasteiger partial charge on any atom is 0.408 e. The van der Waals surface area contributed by atoms with Gasteiger partial charge in [-0.15, -0.1) is 6.58 Å². The van der Waals surface area contributed by atoms with Crippen LogP contribution >= 0.6 is 0 Å². The zero-order valence-electron chi connectivity index (χ0n) is 17.5. The van der Waals surface area contributed by atoms with Crippen molar-refractivity contribution in [1.29, 1.82) is 0 Å². The fraction of sp³-hybridized carbons (Fsp3) is 0.750. The number of amides is 2. The zero-order chi connectivity index (χ0) is 21.4. The predicted molar refractivity (Wildman–Crippen MR) is 103 cm³/mol. The number of ether oxygens (including phenoxy) is 2. The molecule has 1 saturated carbocycles. The first-order chi connectivity index (χ1) is 12.8. The van der Waals surface area contributed by atoms with Crippen molar-refractivity contribution < 1.29 is 29.0 Å². The Morgan fingerprint density at radius 1 is 1.36 bits per heavy atom. The van der Waals surface area contributed by atoms with E-state index in [-0.39, 0.29) is 23.9 Å². The Balaban J connectivity index is 2.19. The van der Waals surface area contributed by atoms with Crippen molar-refractivity contribution in [2.24, 2.45) is 17.3 Å². The molecule has 2 rings (SSSR count). The Bertz CT molecular complexity index is 654. The summed E-state index contributed by atoms with van der Waals surface area (Å²) in [4.78, 5) is 38.7. The lowest BCUT2D eigenvalue weighted by Gasteiger charge is -2.33. The van der Waals surface area contributed by atoms with Crippen LogP contribution in [0.1, 0.15) is 41.5 Å². The summed E-state index contributed by atoms with van der Waals surface area (Å²) >= 11 is 0. The van der Waals surface area contributed by atoms with E-state index in [1.807, 2.05) is 13.8 Å². The highest BCUT2D eigenvalue weighted by molar-refractivity contribution is 5.91. The molecule has 0 radical (unpaired) electrons. The summed E-state index contributed by atoms with van der Waals surface area (Å²) in [5, 5.41) is 12.3. The first-order valence-electron chi connectivity index (χ1n) is 9.56. The van der Waals surface area contributed by atoms with Crippen molar-refractivity contribution in [1.82, 2.24) is 10.2 Å². The van der Waals surface area contributed by atoms with Crippen molar-refractivity contribution in [2.75, 3.05) is 13.2 Å². The largest absolute Gasteiger partial charge is 0.480 e. The van der Waals surface area contributed by atoms with Gasteiger partial charge in [0.15, 0.2) is 0 Å². The SMILES string of the molecule is C=CCO[C@@H](C)[C@H](NC(=O)OC(C)(C)C)C(=O)N1C[C@H]2[C@@H]([C@H]1C(=O)O)C2(C)C. The number of nitrogens with one attached hydrogen (secondary N) is 1. The Hall–Kier alpha value is -2.09. The number of rotatable bonds is 7. The van der Waals surface area contributed by atoms with Gasteiger partial charge in [0, 0.05) is 12.5 Å². The smallest absolute Gasteiger partial charge is 0.408 e. The summed E-state index contributed by atoms with van der Waals surface area (Å²) in [5.41, 5.74) is -0.829. The van der Waals surface area contributed by atoms with Crippen LogP contribution in [0.5, 0.6) is 0 Å². The molecule has 0 spiro atoms. The highest BCUT2D eigenvalue weighted by Crippen LogP contribution is 2.64. The topological polar surface area (TPSA) is 105 Å². The van der Waals surface area contributed by atoms with Crippen LogP contribution in [0.25, 0.3) is 0 Å². The first kappa shape index (κ1) is 22.2. The second kappa shape index (κ2) is 7.73. The van der Waals surface area contributed by atoms with E-state index in [1.54, 1.807) is 33.8 Å². The normalized spacial score (nSPS) is 27.4. The molecule has 1 saturated heterocycles. The van der Waals surface area contributed by atoms with Crippen LogP contribution < -0.4 is 5.32 Å². The number of piperidine rings is 1. The van der Waals surface area contributed by atoms with Gasteiger partial charge in [0.25, 0.3) is 0 Å². The number of aliphatic carboxylic acids is 1. The third-order valence-corrected chi connectivity index (χ3v) is 5.63. The summed E-state index contributed by atoms with van der Waals surface area (Å²) in [6, 6.07) is -1.96. The number of fused-ring (bicyclic) bond motifs is 1. The van der Waals surface area contributed by atoms with Crippen LogP contribution in [-0.4, -0.2) is 64.9 Å². The van der Waals surface area contributed by atoms with Crippen molar-refractivity contribution in [3.05, 3.63) is 12.7 Å². The Labute approximate surface area is 166 Å². The zero-order valence-corrected chi connectivity index (χ0v) is 17.5. The van der Waals surface area contributed by atoms with Gasteiger partial charge >= 0.3 is 12.1 Å². The van der Waals surface area contributed by atoms with Crippen LogP contribution in [0.4, 0.5) is 4.79 Å². The Kier molecular flexibility index (Phi) is 6.13. The molecule has 2 amide bonds. The third kappa shape index (κ3) is 4.48. The van der Waals surface area contributed by atoms with Gasteiger partial charge < -0.3 is 24.8 Å². The molecule has 8 heteroatoms. The average molecular weight is 396 g/mol. The molecule has 2 fully saturated rings. The minimum Gasteiger partial charge on any atom is -0.480 e. The van der Waals surface area contributed by atoms with Gasteiger partial charge in [-0.2, -0.15) is 0 Å². The van der Waals surface area contributed by atoms with E-state index in [0.717, 1.165) is 0 Å². The number of carbonyl (C=O) groups is 3. The molecule has 0 unspecified atom stereocenters. The van der Waals surface area contributed by atoms with Gasteiger partial charge in [-0.25, -0.2) is 9.59 Å². The molecule has 2 N–H and O–H groups in total. The molecule has 2 aliphatic rings. The van der Waals surface area contributed by atoms with E-state index < -0.39 is 41.8 Å². The quantitative estimate of drug-likeness (QED) is 0.638. The molecule has 0 aromatic carbocycles. The molecule has 1 aliphatic heterocycles. The third-order valence-electron chi connectivity index (χ3n) is 5.63. The summed E-state index contributed by atoms with van der Waals surface area (Å²) < 4.78 is 10.8. The average Bonchev–Trinajstić information content (AvgIpc) is 2.93. The van der Waals surface area contributed by atoms with Crippen LogP contribution in [0.3, 0.4) is 0 Å². The lowest BCUT2D eigenvalue weighted by atomic mass is 10.00. The number of hydrogen-bond acceptors (Lipinski definition) is 5. The predicted octanol–water partition coefficient (Wildman–Crippen LogP) is 2.04. The van der Waals surface area contributed by atoms with E-state index in [1.165, 1.54) is 4.90 Å². The Morgan fingerprint density at radius 2 is 1.96 bits per heavy atom. The van der Waals surface area contributed by atoms with Crippen molar-refractivity contribution in [3.8, 4) is 0 Å². The van der Waals surface area contributed by atoms with Crippen LogP contribution in [-0.2, 0) is 19.1 Å². The molecule has 8 nitrogen and oxygen atoms in total. The van der Waals surface area contributed by atoms with E-state index in [0.29, 0.717) is 6.54 Å². The number of hydrogen-bond donors (Lipinski definition) is 2. The van der Waals surface area contributed by atoms with Crippen molar-refractivity contribution in [3.63, 3.8) is 0 Å². The van der Waals surface area contributed by atoms with E-state index in [9.17, 15) is 19.5 Å². The van der Waals surface area contributed by atoms with Gasteiger partial charge in [-0.05, 0) is 39.0 Å². The molecule has 1 aliphatic carbocycles. The Morgan fingerprint density at radius 3 is 2.46 bits per heavy atom. The summed E-state index contributed by atoms with van der Waals surface area (Å²) in [7, 11) is 0. The second-order valence-corrected chi connectivity index (χ2v) is 9.18. The molecule has 0 aromatic heterocycles. The fourth-order valence-corrected chi connectivity index (χ4v) is 4.10. The molecule has 0 bridgehead atoms. The van der Waals surface area contributed by atoms with E-state index in [2.05, 4.69) is 11.9 Å². The van der Waals surface area contributed by atoms with Gasteiger partial charge in [-0.1, -0.05) is 19.9 Å². The number of alkyl carbamates (subject to hydrolysis) is 1.